The monoisotopic (exact) mass is 502 g/mol. The second-order valence-electron chi connectivity index (χ2n) is 6.96. The summed E-state index contributed by atoms with van der Waals surface area (Å²) in [5.74, 6) is 1.15. The Bertz CT molecular complexity index is 1280. The summed E-state index contributed by atoms with van der Waals surface area (Å²) in [6, 6.07) is 12.1. The molecule has 0 radical (unpaired) electrons. The van der Waals surface area contributed by atoms with E-state index in [4.69, 9.17) is 37.4 Å². The predicted molar refractivity (Wildman–Crippen MR) is 126 cm³/mol. The summed E-state index contributed by atoms with van der Waals surface area (Å²) in [6.45, 7) is 0.413. The van der Waals surface area contributed by atoms with Gasteiger partial charge in [0.1, 0.15) is 6.33 Å². The van der Waals surface area contributed by atoms with E-state index in [2.05, 4.69) is 20.5 Å². The lowest BCUT2D eigenvalue weighted by Crippen LogP contribution is -2.15. The molecular weight excluding hydrogens is 483 g/mol. The maximum Gasteiger partial charge on any atom is 0.278 e. The van der Waals surface area contributed by atoms with Crippen molar-refractivity contribution in [2.24, 2.45) is 0 Å². The molecule has 4 rings (SSSR count). The Labute approximate surface area is 205 Å². The van der Waals surface area contributed by atoms with Gasteiger partial charge in [-0.2, -0.15) is 5.10 Å². The normalized spacial score (nSPS) is 10.7. The van der Waals surface area contributed by atoms with E-state index < -0.39 is 5.91 Å². The number of nitrogens with one attached hydrogen (secondary N) is 1. The van der Waals surface area contributed by atoms with Crippen LogP contribution in [0.2, 0.25) is 10.0 Å². The van der Waals surface area contributed by atoms with E-state index in [1.165, 1.54) is 25.2 Å². The first-order chi connectivity index (χ1) is 16.5. The Balaban J connectivity index is 1.37. The van der Waals surface area contributed by atoms with E-state index in [9.17, 15) is 4.79 Å². The lowest BCUT2D eigenvalue weighted by Gasteiger charge is -2.13. The van der Waals surface area contributed by atoms with Crippen LogP contribution >= 0.6 is 23.2 Å². The van der Waals surface area contributed by atoms with Crippen LogP contribution in [-0.4, -0.2) is 44.7 Å². The molecular formula is C22H20Cl2N6O4. The van der Waals surface area contributed by atoms with Crippen LogP contribution in [0.4, 0.5) is 5.95 Å². The number of rotatable bonds is 9. The van der Waals surface area contributed by atoms with Gasteiger partial charge in [0.25, 0.3) is 5.91 Å². The van der Waals surface area contributed by atoms with E-state index in [0.29, 0.717) is 33.8 Å². The molecule has 0 saturated carbocycles. The molecule has 0 bridgehead atoms. The van der Waals surface area contributed by atoms with Crippen LogP contribution in [0, 0.1) is 0 Å². The third-order valence-electron chi connectivity index (χ3n) is 4.71. The number of nitrogens with zero attached hydrogens (tertiary/aromatic N) is 5. The summed E-state index contributed by atoms with van der Waals surface area (Å²) in [5.41, 5.74) is 0.993. The predicted octanol–water partition coefficient (Wildman–Crippen LogP) is 4.14. The zero-order chi connectivity index (χ0) is 24.1. The summed E-state index contributed by atoms with van der Waals surface area (Å²) in [7, 11) is 3.08. The Morgan fingerprint density at radius 3 is 2.50 bits per heavy atom. The van der Waals surface area contributed by atoms with Gasteiger partial charge in [-0.1, -0.05) is 35.3 Å². The minimum absolute atomic E-state index is 0.0404. The van der Waals surface area contributed by atoms with Crippen molar-refractivity contribution in [2.45, 2.75) is 13.3 Å². The molecule has 1 amide bonds. The molecule has 0 spiro atoms. The lowest BCUT2D eigenvalue weighted by atomic mass is 10.2. The van der Waals surface area contributed by atoms with Crippen LogP contribution in [-0.2, 0) is 13.3 Å². The second kappa shape index (κ2) is 10.4. The third kappa shape index (κ3) is 5.41. The largest absolute Gasteiger partial charge is 0.493 e. The van der Waals surface area contributed by atoms with Crippen molar-refractivity contribution < 1.29 is 19.0 Å². The molecule has 0 unspecified atom stereocenters. The lowest BCUT2D eigenvalue weighted by molar-refractivity contribution is 0.101. The molecule has 12 heteroatoms. The Hall–Kier alpha value is -3.76. The Morgan fingerprint density at radius 1 is 1.03 bits per heavy atom. The molecule has 34 heavy (non-hydrogen) atoms. The molecule has 0 fully saturated rings. The zero-order valence-electron chi connectivity index (χ0n) is 18.2. The maximum atomic E-state index is 12.6. The summed E-state index contributed by atoms with van der Waals surface area (Å²) in [4.78, 5) is 16.7. The van der Waals surface area contributed by atoms with Gasteiger partial charge >= 0.3 is 0 Å². The molecule has 1 N–H and O–H groups in total. The van der Waals surface area contributed by atoms with Crippen LogP contribution in [0.1, 0.15) is 16.1 Å². The smallest absolute Gasteiger partial charge is 0.278 e. The van der Waals surface area contributed by atoms with Crippen molar-refractivity contribution in [3.8, 4) is 17.2 Å². The highest BCUT2D eigenvalue weighted by atomic mass is 35.5. The van der Waals surface area contributed by atoms with Gasteiger partial charge < -0.3 is 14.2 Å². The molecule has 176 valence electrons. The number of carbonyl (C=O) groups is 1. The van der Waals surface area contributed by atoms with Gasteiger partial charge in [-0.3, -0.25) is 10.1 Å². The first-order valence-electron chi connectivity index (χ1n) is 9.99. The van der Waals surface area contributed by atoms with E-state index >= 15 is 0 Å². The van der Waals surface area contributed by atoms with Gasteiger partial charge in [0, 0.05) is 16.2 Å². The summed E-state index contributed by atoms with van der Waals surface area (Å²) < 4.78 is 19.4. The molecule has 0 aliphatic heterocycles. The van der Waals surface area contributed by atoms with E-state index in [1.807, 2.05) is 0 Å². The highest BCUT2D eigenvalue weighted by molar-refractivity contribution is 6.35. The van der Waals surface area contributed by atoms with Crippen molar-refractivity contribution in [3.05, 3.63) is 76.3 Å². The van der Waals surface area contributed by atoms with Crippen molar-refractivity contribution in [1.82, 2.24) is 24.5 Å². The van der Waals surface area contributed by atoms with Crippen LogP contribution in [0.5, 0.6) is 17.2 Å². The van der Waals surface area contributed by atoms with Crippen LogP contribution in [0.25, 0.3) is 0 Å². The number of para-hydroxylation sites is 1. The van der Waals surface area contributed by atoms with Gasteiger partial charge in [-0.05, 0) is 35.9 Å². The highest BCUT2D eigenvalue weighted by Crippen LogP contribution is 2.36. The summed E-state index contributed by atoms with van der Waals surface area (Å²) >= 11 is 12.1. The summed E-state index contributed by atoms with van der Waals surface area (Å²) in [5, 5.41) is 12.2. The van der Waals surface area contributed by atoms with Gasteiger partial charge in [-0.15, -0.1) is 5.10 Å². The van der Waals surface area contributed by atoms with E-state index in [0.717, 1.165) is 5.56 Å². The van der Waals surface area contributed by atoms with Gasteiger partial charge in [0.05, 0.1) is 20.8 Å². The summed E-state index contributed by atoms with van der Waals surface area (Å²) in [6.07, 6.45) is 3.11. The van der Waals surface area contributed by atoms with Crippen molar-refractivity contribution in [3.63, 3.8) is 0 Å². The SMILES string of the molecule is COc1cccc(OC)c1OCn1ccc(C(=O)Nc2ncn(Cc3ccc(Cl)cc3Cl)n2)n1. The Morgan fingerprint density at radius 2 is 1.79 bits per heavy atom. The van der Waals surface area contributed by atoms with Crippen LogP contribution in [0.15, 0.2) is 55.0 Å². The van der Waals surface area contributed by atoms with Crippen molar-refractivity contribution in [2.75, 3.05) is 19.5 Å². The molecule has 0 saturated heterocycles. The molecule has 4 aromatic rings. The first kappa shape index (κ1) is 23.4. The van der Waals surface area contributed by atoms with Crippen molar-refractivity contribution in [1.29, 1.82) is 0 Å². The number of halogens is 2. The maximum absolute atomic E-state index is 12.6. The number of hydrogen-bond acceptors (Lipinski definition) is 7. The number of anilines is 1. The molecule has 2 heterocycles. The average Bonchev–Trinajstić information content (AvgIpc) is 3.49. The minimum Gasteiger partial charge on any atom is -0.493 e. The highest BCUT2D eigenvalue weighted by Gasteiger charge is 2.15. The van der Waals surface area contributed by atoms with Crippen molar-refractivity contribution >= 4 is 35.1 Å². The number of methoxy groups -OCH3 is 2. The standard InChI is InChI=1S/C22H20Cl2N6O4/c1-32-18-4-3-5-19(33-2)20(18)34-13-29-9-8-17(27-29)21(31)26-22-25-12-30(28-22)11-14-6-7-15(23)10-16(14)24/h3-10,12H,11,13H2,1-2H3,(H,26,28,31). The number of amides is 1. The van der Waals surface area contributed by atoms with E-state index in [-0.39, 0.29) is 18.4 Å². The van der Waals surface area contributed by atoms with Crippen LogP contribution in [0.3, 0.4) is 0 Å². The second-order valence-corrected chi connectivity index (χ2v) is 7.80. The minimum atomic E-state index is -0.462. The third-order valence-corrected chi connectivity index (χ3v) is 5.29. The fraction of sp³-hybridized carbons (Fsp3) is 0.182. The quantitative estimate of drug-likeness (QED) is 0.366. The van der Waals surface area contributed by atoms with Crippen LogP contribution < -0.4 is 19.5 Å². The average molecular weight is 503 g/mol. The number of aromatic nitrogens is 5. The molecule has 10 nitrogen and oxygen atoms in total. The molecule has 0 atom stereocenters. The fourth-order valence-electron chi connectivity index (χ4n) is 3.06. The molecule has 0 aliphatic rings. The molecule has 2 aromatic carbocycles. The number of ether oxygens (including phenoxy) is 3. The van der Waals surface area contributed by atoms with Gasteiger partial charge in [-0.25, -0.2) is 14.3 Å². The molecule has 0 aliphatic carbocycles. The Kier molecular flexibility index (Phi) is 7.19. The number of benzene rings is 2. The van der Waals surface area contributed by atoms with Gasteiger partial charge in [0.15, 0.2) is 23.9 Å². The topological polar surface area (TPSA) is 105 Å². The number of hydrogen-bond donors (Lipinski definition) is 1. The molecule has 2 aromatic heterocycles. The fourth-order valence-corrected chi connectivity index (χ4v) is 3.53. The zero-order valence-corrected chi connectivity index (χ0v) is 19.7. The van der Waals surface area contributed by atoms with E-state index in [1.54, 1.807) is 53.3 Å². The van der Waals surface area contributed by atoms with Gasteiger partial charge in [0.2, 0.25) is 11.7 Å². The number of carbonyl (C=O) groups excluding carboxylic acids is 1. The first-order valence-corrected chi connectivity index (χ1v) is 10.7.